The number of amides is 1. The summed E-state index contributed by atoms with van der Waals surface area (Å²) >= 11 is 0. The van der Waals surface area contributed by atoms with Crippen LogP contribution in [0.1, 0.15) is 27.2 Å². The average Bonchev–Trinajstić information content (AvgIpc) is 2.45. The SMILES string of the molecule is CCC(C)NC(=O)C(C)N1CCNc2ccccc21. The molecule has 1 aromatic rings. The predicted octanol–water partition coefficient (Wildman–Crippen LogP) is 2.22. The molecule has 0 radical (unpaired) electrons. The van der Waals surface area contributed by atoms with E-state index in [0.717, 1.165) is 30.9 Å². The van der Waals surface area contributed by atoms with Crippen molar-refractivity contribution >= 4 is 17.3 Å². The number of para-hydroxylation sites is 2. The lowest BCUT2D eigenvalue weighted by Gasteiger charge is -2.36. The molecule has 19 heavy (non-hydrogen) atoms. The molecule has 2 N–H and O–H groups in total. The zero-order valence-corrected chi connectivity index (χ0v) is 11.9. The Labute approximate surface area is 115 Å². The highest BCUT2D eigenvalue weighted by Crippen LogP contribution is 2.29. The van der Waals surface area contributed by atoms with Gasteiger partial charge in [0.2, 0.25) is 5.91 Å². The first-order valence-electron chi connectivity index (χ1n) is 7.03. The van der Waals surface area contributed by atoms with Gasteiger partial charge in [-0.05, 0) is 32.4 Å². The fourth-order valence-electron chi connectivity index (χ4n) is 2.31. The number of hydrogen-bond donors (Lipinski definition) is 2. The Balaban J connectivity index is 2.12. The first-order valence-corrected chi connectivity index (χ1v) is 7.03. The largest absolute Gasteiger partial charge is 0.382 e. The molecule has 2 atom stereocenters. The summed E-state index contributed by atoms with van der Waals surface area (Å²) < 4.78 is 0. The van der Waals surface area contributed by atoms with Crippen molar-refractivity contribution < 1.29 is 4.79 Å². The predicted molar refractivity (Wildman–Crippen MR) is 79.6 cm³/mol. The highest BCUT2D eigenvalue weighted by atomic mass is 16.2. The minimum atomic E-state index is -0.141. The van der Waals surface area contributed by atoms with E-state index < -0.39 is 0 Å². The Morgan fingerprint density at radius 2 is 2.16 bits per heavy atom. The van der Waals surface area contributed by atoms with Gasteiger partial charge >= 0.3 is 0 Å². The van der Waals surface area contributed by atoms with E-state index in [1.807, 2.05) is 26.0 Å². The Morgan fingerprint density at radius 1 is 1.42 bits per heavy atom. The second-order valence-electron chi connectivity index (χ2n) is 5.13. The topological polar surface area (TPSA) is 44.4 Å². The van der Waals surface area contributed by atoms with Gasteiger partial charge in [0.05, 0.1) is 11.4 Å². The fraction of sp³-hybridized carbons (Fsp3) is 0.533. The summed E-state index contributed by atoms with van der Waals surface area (Å²) in [7, 11) is 0. The van der Waals surface area contributed by atoms with Crippen molar-refractivity contribution in [3.63, 3.8) is 0 Å². The second-order valence-corrected chi connectivity index (χ2v) is 5.13. The van der Waals surface area contributed by atoms with Gasteiger partial charge in [-0.15, -0.1) is 0 Å². The van der Waals surface area contributed by atoms with E-state index in [1.165, 1.54) is 0 Å². The molecule has 1 aliphatic heterocycles. The molecular formula is C15H23N3O. The average molecular weight is 261 g/mol. The van der Waals surface area contributed by atoms with E-state index in [0.29, 0.717) is 0 Å². The van der Waals surface area contributed by atoms with Gasteiger partial charge in [0.1, 0.15) is 6.04 Å². The standard InChI is InChI=1S/C15H23N3O/c1-4-11(2)17-15(19)12(3)18-10-9-16-13-7-5-6-8-14(13)18/h5-8,11-12,16H,4,9-10H2,1-3H3,(H,17,19). The smallest absolute Gasteiger partial charge is 0.242 e. The van der Waals surface area contributed by atoms with Gasteiger partial charge in [0.25, 0.3) is 0 Å². The lowest BCUT2D eigenvalue weighted by atomic mass is 10.1. The van der Waals surface area contributed by atoms with Crippen molar-refractivity contribution in [3.8, 4) is 0 Å². The van der Waals surface area contributed by atoms with Crippen LogP contribution in [0.4, 0.5) is 11.4 Å². The van der Waals surface area contributed by atoms with Crippen molar-refractivity contribution in [2.24, 2.45) is 0 Å². The Bertz CT molecular complexity index is 447. The molecule has 1 aromatic carbocycles. The van der Waals surface area contributed by atoms with E-state index in [1.54, 1.807) is 0 Å². The lowest BCUT2D eigenvalue weighted by Crippen LogP contribution is -2.50. The molecule has 0 bridgehead atoms. The van der Waals surface area contributed by atoms with Gasteiger partial charge in [-0.25, -0.2) is 0 Å². The minimum absolute atomic E-state index is 0.103. The number of carbonyl (C=O) groups excluding carboxylic acids is 1. The molecule has 2 rings (SSSR count). The highest BCUT2D eigenvalue weighted by molar-refractivity contribution is 5.87. The molecule has 0 fully saturated rings. The van der Waals surface area contributed by atoms with Gasteiger partial charge in [0.15, 0.2) is 0 Å². The lowest BCUT2D eigenvalue weighted by molar-refractivity contribution is -0.122. The number of rotatable bonds is 4. The molecule has 0 saturated carbocycles. The first-order chi connectivity index (χ1) is 9.13. The van der Waals surface area contributed by atoms with Crippen LogP contribution in [0.15, 0.2) is 24.3 Å². The summed E-state index contributed by atoms with van der Waals surface area (Å²) in [5.74, 6) is 0.103. The number of hydrogen-bond acceptors (Lipinski definition) is 3. The van der Waals surface area contributed by atoms with Gasteiger partial charge in [-0.2, -0.15) is 0 Å². The van der Waals surface area contributed by atoms with Crippen LogP contribution in [0.3, 0.4) is 0 Å². The summed E-state index contributed by atoms with van der Waals surface area (Å²) in [4.78, 5) is 14.4. The Kier molecular flexibility index (Phi) is 4.30. The van der Waals surface area contributed by atoms with E-state index in [4.69, 9.17) is 0 Å². The van der Waals surface area contributed by atoms with Crippen LogP contribution in [-0.2, 0) is 4.79 Å². The Morgan fingerprint density at radius 3 is 2.89 bits per heavy atom. The highest BCUT2D eigenvalue weighted by Gasteiger charge is 2.26. The molecule has 0 spiro atoms. The van der Waals surface area contributed by atoms with E-state index in [9.17, 15) is 4.79 Å². The Hall–Kier alpha value is -1.71. The first kappa shape index (κ1) is 13.7. The number of nitrogens with zero attached hydrogens (tertiary/aromatic N) is 1. The molecule has 0 saturated heterocycles. The normalized spacial score (nSPS) is 17.1. The van der Waals surface area contributed by atoms with E-state index >= 15 is 0 Å². The molecule has 2 unspecified atom stereocenters. The van der Waals surface area contributed by atoms with Crippen molar-refractivity contribution in [1.82, 2.24) is 5.32 Å². The van der Waals surface area contributed by atoms with Crippen LogP contribution in [-0.4, -0.2) is 31.1 Å². The number of carbonyl (C=O) groups is 1. The van der Waals surface area contributed by atoms with Crippen LogP contribution in [0.25, 0.3) is 0 Å². The third-order valence-electron chi connectivity index (χ3n) is 3.73. The van der Waals surface area contributed by atoms with Crippen molar-refractivity contribution in [1.29, 1.82) is 0 Å². The summed E-state index contributed by atoms with van der Waals surface area (Å²) in [6.07, 6.45) is 0.955. The minimum Gasteiger partial charge on any atom is -0.382 e. The second kappa shape index (κ2) is 5.95. The van der Waals surface area contributed by atoms with Gasteiger partial charge in [-0.1, -0.05) is 19.1 Å². The molecule has 4 heteroatoms. The summed E-state index contributed by atoms with van der Waals surface area (Å²) in [6, 6.07) is 8.23. The van der Waals surface area contributed by atoms with Crippen LogP contribution in [0.5, 0.6) is 0 Å². The van der Waals surface area contributed by atoms with Crippen molar-refractivity contribution in [2.45, 2.75) is 39.3 Å². The number of benzene rings is 1. The van der Waals surface area contributed by atoms with Crippen molar-refractivity contribution in [3.05, 3.63) is 24.3 Å². The zero-order valence-electron chi connectivity index (χ0n) is 11.9. The van der Waals surface area contributed by atoms with Crippen LogP contribution >= 0.6 is 0 Å². The molecule has 0 aliphatic carbocycles. The number of nitrogens with one attached hydrogen (secondary N) is 2. The molecule has 1 amide bonds. The maximum absolute atomic E-state index is 12.2. The van der Waals surface area contributed by atoms with Gasteiger partial charge in [-0.3, -0.25) is 4.79 Å². The third-order valence-corrected chi connectivity index (χ3v) is 3.73. The number of fused-ring (bicyclic) bond motifs is 1. The van der Waals surface area contributed by atoms with Crippen LogP contribution < -0.4 is 15.5 Å². The van der Waals surface area contributed by atoms with E-state index in [-0.39, 0.29) is 18.0 Å². The third kappa shape index (κ3) is 3.00. The van der Waals surface area contributed by atoms with Gasteiger partial charge in [0, 0.05) is 19.1 Å². The summed E-state index contributed by atoms with van der Waals surface area (Å²) in [5, 5.41) is 6.42. The molecule has 0 aromatic heterocycles. The molecule has 1 heterocycles. The molecular weight excluding hydrogens is 238 g/mol. The quantitative estimate of drug-likeness (QED) is 0.873. The molecule has 4 nitrogen and oxygen atoms in total. The zero-order chi connectivity index (χ0) is 13.8. The number of anilines is 2. The monoisotopic (exact) mass is 261 g/mol. The molecule has 1 aliphatic rings. The summed E-state index contributed by atoms with van der Waals surface area (Å²) in [5.41, 5.74) is 2.22. The van der Waals surface area contributed by atoms with Crippen molar-refractivity contribution in [2.75, 3.05) is 23.3 Å². The van der Waals surface area contributed by atoms with Crippen LogP contribution in [0.2, 0.25) is 0 Å². The molecule has 104 valence electrons. The van der Waals surface area contributed by atoms with E-state index in [2.05, 4.69) is 34.6 Å². The summed E-state index contributed by atoms with van der Waals surface area (Å²) in [6.45, 7) is 7.82. The van der Waals surface area contributed by atoms with Gasteiger partial charge < -0.3 is 15.5 Å². The fourth-order valence-corrected chi connectivity index (χ4v) is 2.31. The maximum Gasteiger partial charge on any atom is 0.242 e. The maximum atomic E-state index is 12.2. The van der Waals surface area contributed by atoms with Crippen LogP contribution in [0, 0.1) is 0 Å².